The van der Waals surface area contributed by atoms with Crippen molar-refractivity contribution in [2.45, 2.75) is 25.5 Å². The lowest BCUT2D eigenvalue weighted by molar-refractivity contribution is 0.0690. The Labute approximate surface area is 188 Å². The minimum Gasteiger partial charge on any atom is -0.490 e. The SMILES string of the molecule is C[C@H](Cc1ccc(-c2ccc(C(=O)O)c(OCCO)c2)cc1)NC[C@H](O)c1ccccc1. The van der Waals surface area contributed by atoms with Crippen LogP contribution >= 0.6 is 0 Å². The average molecular weight is 436 g/mol. The van der Waals surface area contributed by atoms with E-state index in [4.69, 9.17) is 9.84 Å². The second-order valence-electron chi connectivity index (χ2n) is 7.72. The zero-order valence-corrected chi connectivity index (χ0v) is 18.1. The fourth-order valence-electron chi connectivity index (χ4n) is 3.52. The summed E-state index contributed by atoms with van der Waals surface area (Å²) in [7, 11) is 0. The fourth-order valence-corrected chi connectivity index (χ4v) is 3.52. The average Bonchev–Trinajstić information content (AvgIpc) is 2.82. The number of aliphatic hydroxyl groups excluding tert-OH is 2. The summed E-state index contributed by atoms with van der Waals surface area (Å²) in [5, 5.41) is 32.0. The van der Waals surface area contributed by atoms with Crippen molar-refractivity contribution in [1.29, 1.82) is 0 Å². The van der Waals surface area contributed by atoms with Crippen LogP contribution in [0.2, 0.25) is 0 Å². The van der Waals surface area contributed by atoms with Crippen LogP contribution in [0.3, 0.4) is 0 Å². The monoisotopic (exact) mass is 435 g/mol. The highest BCUT2D eigenvalue weighted by Crippen LogP contribution is 2.28. The molecule has 32 heavy (non-hydrogen) atoms. The van der Waals surface area contributed by atoms with Gasteiger partial charge in [-0.05, 0) is 47.7 Å². The van der Waals surface area contributed by atoms with Crippen LogP contribution < -0.4 is 10.1 Å². The summed E-state index contributed by atoms with van der Waals surface area (Å²) in [6.45, 7) is 2.41. The normalized spacial score (nSPS) is 12.8. The third-order valence-corrected chi connectivity index (χ3v) is 5.23. The van der Waals surface area contributed by atoms with Crippen LogP contribution in [0.1, 0.15) is 34.5 Å². The fraction of sp³-hybridized carbons (Fsp3) is 0.269. The molecule has 6 nitrogen and oxygen atoms in total. The first-order chi connectivity index (χ1) is 15.5. The Bertz CT molecular complexity index is 1000. The van der Waals surface area contributed by atoms with Crippen molar-refractivity contribution in [3.63, 3.8) is 0 Å². The topological polar surface area (TPSA) is 99.0 Å². The Hall–Kier alpha value is -3.19. The second kappa shape index (κ2) is 11.4. The molecule has 0 fully saturated rings. The van der Waals surface area contributed by atoms with E-state index in [-0.39, 0.29) is 30.6 Å². The molecule has 0 aromatic heterocycles. The van der Waals surface area contributed by atoms with Crippen LogP contribution in [-0.2, 0) is 6.42 Å². The van der Waals surface area contributed by atoms with E-state index >= 15 is 0 Å². The molecule has 2 atom stereocenters. The Morgan fingerprint density at radius 3 is 2.34 bits per heavy atom. The summed E-state index contributed by atoms with van der Waals surface area (Å²) in [5.74, 6) is -0.832. The lowest BCUT2D eigenvalue weighted by Crippen LogP contribution is -2.32. The van der Waals surface area contributed by atoms with Gasteiger partial charge in [-0.25, -0.2) is 4.79 Å². The summed E-state index contributed by atoms with van der Waals surface area (Å²) in [6, 6.07) is 22.8. The van der Waals surface area contributed by atoms with E-state index in [1.54, 1.807) is 12.1 Å². The number of benzene rings is 3. The number of hydrogen-bond donors (Lipinski definition) is 4. The van der Waals surface area contributed by atoms with Crippen LogP contribution in [0.5, 0.6) is 5.75 Å². The predicted molar refractivity (Wildman–Crippen MR) is 124 cm³/mol. The maximum Gasteiger partial charge on any atom is 0.339 e. The maximum absolute atomic E-state index is 11.4. The molecule has 0 saturated carbocycles. The molecule has 0 radical (unpaired) electrons. The molecule has 168 valence electrons. The van der Waals surface area contributed by atoms with Crippen molar-refractivity contribution in [3.05, 3.63) is 89.5 Å². The summed E-state index contributed by atoms with van der Waals surface area (Å²) in [6.07, 6.45) is 0.266. The third kappa shape index (κ3) is 6.40. The largest absolute Gasteiger partial charge is 0.490 e. The van der Waals surface area contributed by atoms with Crippen LogP contribution in [0.25, 0.3) is 11.1 Å². The number of carbonyl (C=O) groups is 1. The lowest BCUT2D eigenvalue weighted by Gasteiger charge is -2.18. The molecule has 0 saturated heterocycles. The number of ether oxygens (including phenoxy) is 1. The van der Waals surface area contributed by atoms with Gasteiger partial charge in [-0.15, -0.1) is 0 Å². The molecule has 4 N–H and O–H groups in total. The molecule has 0 aliphatic heterocycles. The molecule has 3 rings (SSSR count). The van der Waals surface area contributed by atoms with Gasteiger partial charge in [0, 0.05) is 12.6 Å². The summed E-state index contributed by atoms with van der Waals surface area (Å²) < 4.78 is 5.40. The van der Waals surface area contributed by atoms with Crippen LogP contribution in [0, 0.1) is 0 Å². The second-order valence-corrected chi connectivity index (χ2v) is 7.72. The lowest BCUT2D eigenvalue weighted by atomic mass is 9.99. The van der Waals surface area contributed by atoms with Crippen LogP contribution in [0.15, 0.2) is 72.8 Å². The number of carboxylic acids is 1. The molecule has 3 aromatic rings. The van der Waals surface area contributed by atoms with E-state index < -0.39 is 12.1 Å². The van der Waals surface area contributed by atoms with E-state index in [0.717, 1.165) is 28.7 Å². The molecule has 0 aliphatic carbocycles. The van der Waals surface area contributed by atoms with Gasteiger partial charge in [-0.1, -0.05) is 60.7 Å². The first kappa shape index (κ1) is 23.5. The molecule has 0 heterocycles. The number of aromatic carboxylic acids is 1. The zero-order chi connectivity index (χ0) is 22.9. The van der Waals surface area contributed by atoms with Gasteiger partial charge in [0.1, 0.15) is 17.9 Å². The number of rotatable bonds is 11. The Balaban J connectivity index is 1.61. The van der Waals surface area contributed by atoms with Gasteiger partial charge >= 0.3 is 5.97 Å². The number of nitrogens with one attached hydrogen (secondary N) is 1. The van der Waals surface area contributed by atoms with Gasteiger partial charge in [0.25, 0.3) is 0 Å². The predicted octanol–water partition coefficient (Wildman–Crippen LogP) is 3.68. The number of carboxylic acid groups (broad SMARTS) is 1. The van der Waals surface area contributed by atoms with Crippen molar-refractivity contribution < 1.29 is 24.9 Å². The van der Waals surface area contributed by atoms with Gasteiger partial charge in [-0.2, -0.15) is 0 Å². The van der Waals surface area contributed by atoms with Crippen molar-refractivity contribution in [1.82, 2.24) is 5.32 Å². The zero-order valence-electron chi connectivity index (χ0n) is 18.1. The van der Waals surface area contributed by atoms with E-state index in [0.29, 0.717) is 6.54 Å². The van der Waals surface area contributed by atoms with Gasteiger partial charge in [0.05, 0.1) is 12.7 Å². The Kier molecular flexibility index (Phi) is 8.39. The smallest absolute Gasteiger partial charge is 0.339 e. The minimum absolute atomic E-state index is 0.0343. The molecular weight excluding hydrogens is 406 g/mol. The number of hydrogen-bond acceptors (Lipinski definition) is 5. The minimum atomic E-state index is -1.07. The Morgan fingerprint density at radius 1 is 1.00 bits per heavy atom. The molecule has 3 aromatic carbocycles. The van der Waals surface area contributed by atoms with Crippen molar-refractivity contribution in [3.8, 4) is 16.9 Å². The standard InChI is InChI=1S/C26H29NO5/c1-18(27-17-24(29)21-5-3-2-4-6-21)15-19-7-9-20(10-8-19)22-11-12-23(26(30)31)25(16-22)32-14-13-28/h2-12,16,18,24,27-29H,13-15,17H2,1H3,(H,30,31)/t18-,24+/m1/s1. The molecule has 0 bridgehead atoms. The quantitative estimate of drug-likeness (QED) is 0.367. The molecule has 0 spiro atoms. The molecule has 0 aliphatic rings. The van der Waals surface area contributed by atoms with E-state index in [2.05, 4.69) is 12.2 Å². The maximum atomic E-state index is 11.4. The molecule has 0 amide bonds. The van der Waals surface area contributed by atoms with Crippen molar-refractivity contribution in [2.75, 3.05) is 19.8 Å². The number of aliphatic hydroxyl groups is 2. The highest BCUT2D eigenvalue weighted by atomic mass is 16.5. The van der Waals surface area contributed by atoms with E-state index in [9.17, 15) is 15.0 Å². The van der Waals surface area contributed by atoms with E-state index in [1.807, 2.05) is 54.6 Å². The van der Waals surface area contributed by atoms with Crippen LogP contribution in [-0.4, -0.2) is 47.1 Å². The highest BCUT2D eigenvalue weighted by molar-refractivity contribution is 5.92. The summed E-state index contributed by atoms with van der Waals surface area (Å²) >= 11 is 0. The summed E-state index contributed by atoms with van der Waals surface area (Å²) in [4.78, 5) is 11.4. The van der Waals surface area contributed by atoms with Crippen molar-refractivity contribution in [2.24, 2.45) is 0 Å². The van der Waals surface area contributed by atoms with Crippen LogP contribution in [0.4, 0.5) is 0 Å². The summed E-state index contributed by atoms with van der Waals surface area (Å²) in [5.41, 5.74) is 3.90. The van der Waals surface area contributed by atoms with Gasteiger partial charge in [0.15, 0.2) is 0 Å². The first-order valence-electron chi connectivity index (χ1n) is 10.6. The highest BCUT2D eigenvalue weighted by Gasteiger charge is 2.13. The Morgan fingerprint density at radius 2 is 1.69 bits per heavy atom. The van der Waals surface area contributed by atoms with Crippen molar-refractivity contribution >= 4 is 5.97 Å². The third-order valence-electron chi connectivity index (χ3n) is 5.23. The molecular formula is C26H29NO5. The van der Waals surface area contributed by atoms with Gasteiger partial charge in [-0.3, -0.25) is 0 Å². The molecule has 0 unspecified atom stereocenters. The van der Waals surface area contributed by atoms with Gasteiger partial charge < -0.3 is 25.4 Å². The molecule has 6 heteroatoms. The van der Waals surface area contributed by atoms with E-state index in [1.165, 1.54) is 6.07 Å². The first-order valence-corrected chi connectivity index (χ1v) is 10.6. The van der Waals surface area contributed by atoms with Gasteiger partial charge in [0.2, 0.25) is 0 Å².